The number of ether oxygens (including phenoxy) is 1. The molecular formula is C9H9FN4O. The normalized spacial score (nSPS) is 10.3. The van der Waals surface area contributed by atoms with Crippen LogP contribution in [0.15, 0.2) is 18.3 Å². The Morgan fingerprint density at radius 2 is 2.33 bits per heavy atom. The summed E-state index contributed by atoms with van der Waals surface area (Å²) in [6.07, 6.45) is 1.56. The number of nitrogens with one attached hydrogen (secondary N) is 1. The quantitative estimate of drug-likeness (QED) is 0.777. The predicted octanol–water partition coefficient (Wildman–Crippen LogP) is 1.20. The van der Waals surface area contributed by atoms with Gasteiger partial charge in [0, 0.05) is 6.20 Å². The number of nitrogens with zero attached hydrogens (tertiary/aromatic N) is 2. The second-order valence-electron chi connectivity index (χ2n) is 2.86. The first-order valence-corrected chi connectivity index (χ1v) is 4.22. The van der Waals surface area contributed by atoms with Crippen LogP contribution >= 0.6 is 0 Å². The molecule has 2 aromatic rings. The van der Waals surface area contributed by atoms with Gasteiger partial charge < -0.3 is 10.5 Å². The first-order chi connectivity index (χ1) is 7.24. The van der Waals surface area contributed by atoms with E-state index in [1.807, 2.05) is 0 Å². The maximum absolute atomic E-state index is 13.5. The summed E-state index contributed by atoms with van der Waals surface area (Å²) in [7, 11) is 1.46. The van der Waals surface area contributed by atoms with Crippen LogP contribution in [0, 0.1) is 5.82 Å². The second-order valence-corrected chi connectivity index (χ2v) is 2.86. The third kappa shape index (κ3) is 1.50. The van der Waals surface area contributed by atoms with Gasteiger partial charge in [0.2, 0.25) is 5.88 Å². The van der Waals surface area contributed by atoms with Crippen LogP contribution in [0.3, 0.4) is 0 Å². The maximum Gasteiger partial charge on any atom is 0.222 e. The topological polar surface area (TPSA) is 76.8 Å². The first-order valence-electron chi connectivity index (χ1n) is 4.22. The van der Waals surface area contributed by atoms with Gasteiger partial charge in [0.05, 0.1) is 12.7 Å². The molecule has 0 radical (unpaired) electrons. The fourth-order valence-corrected chi connectivity index (χ4v) is 1.26. The van der Waals surface area contributed by atoms with Crippen LogP contribution in [0.1, 0.15) is 0 Å². The van der Waals surface area contributed by atoms with E-state index in [0.717, 1.165) is 0 Å². The van der Waals surface area contributed by atoms with Crippen molar-refractivity contribution in [2.24, 2.45) is 0 Å². The number of methoxy groups -OCH3 is 1. The van der Waals surface area contributed by atoms with Crippen molar-refractivity contribution in [2.45, 2.75) is 0 Å². The largest absolute Gasteiger partial charge is 0.481 e. The van der Waals surface area contributed by atoms with E-state index in [1.54, 1.807) is 18.3 Å². The van der Waals surface area contributed by atoms with E-state index in [0.29, 0.717) is 11.4 Å². The molecule has 0 aliphatic rings. The molecule has 15 heavy (non-hydrogen) atoms. The minimum Gasteiger partial charge on any atom is -0.481 e. The molecule has 2 rings (SSSR count). The molecule has 6 heteroatoms. The Bertz CT molecular complexity index is 483. The lowest BCUT2D eigenvalue weighted by Crippen LogP contribution is -1.92. The zero-order chi connectivity index (χ0) is 10.8. The Morgan fingerprint density at radius 1 is 1.53 bits per heavy atom. The van der Waals surface area contributed by atoms with Gasteiger partial charge in [-0.3, -0.25) is 5.10 Å². The van der Waals surface area contributed by atoms with E-state index in [-0.39, 0.29) is 11.5 Å². The molecule has 0 aromatic carbocycles. The van der Waals surface area contributed by atoms with Gasteiger partial charge in [0.15, 0.2) is 11.6 Å². The summed E-state index contributed by atoms with van der Waals surface area (Å²) >= 11 is 0. The van der Waals surface area contributed by atoms with E-state index in [4.69, 9.17) is 10.5 Å². The van der Waals surface area contributed by atoms with E-state index >= 15 is 0 Å². The molecule has 0 fully saturated rings. The van der Waals surface area contributed by atoms with Crippen molar-refractivity contribution in [1.82, 2.24) is 15.2 Å². The number of aromatic nitrogens is 3. The lowest BCUT2D eigenvalue weighted by molar-refractivity contribution is 0.399. The van der Waals surface area contributed by atoms with Crippen LogP contribution in [-0.2, 0) is 0 Å². The number of H-pyrrole nitrogens is 1. The number of hydrogen-bond donors (Lipinski definition) is 2. The first kappa shape index (κ1) is 9.45. The predicted molar refractivity (Wildman–Crippen MR) is 52.7 cm³/mol. The highest BCUT2D eigenvalue weighted by molar-refractivity contribution is 5.67. The summed E-state index contributed by atoms with van der Waals surface area (Å²) in [6.45, 7) is 0. The molecule has 0 bridgehead atoms. The Balaban J connectivity index is 2.58. The molecule has 0 aliphatic heterocycles. The molecular weight excluding hydrogens is 199 g/mol. The van der Waals surface area contributed by atoms with E-state index in [2.05, 4.69) is 15.2 Å². The number of hydrogen-bond acceptors (Lipinski definition) is 4. The Morgan fingerprint density at radius 3 is 2.93 bits per heavy atom. The molecule has 0 amide bonds. The van der Waals surface area contributed by atoms with Gasteiger partial charge >= 0.3 is 0 Å². The van der Waals surface area contributed by atoms with Crippen molar-refractivity contribution in [3.63, 3.8) is 0 Å². The zero-order valence-electron chi connectivity index (χ0n) is 7.99. The highest BCUT2D eigenvalue weighted by Crippen LogP contribution is 2.29. The molecule has 2 heterocycles. The molecule has 0 aliphatic carbocycles. The Kier molecular flexibility index (Phi) is 2.24. The Hall–Kier alpha value is -2.11. The van der Waals surface area contributed by atoms with Gasteiger partial charge in [-0.2, -0.15) is 5.10 Å². The van der Waals surface area contributed by atoms with E-state index in [1.165, 1.54) is 7.11 Å². The molecule has 0 saturated heterocycles. The monoisotopic (exact) mass is 208 g/mol. The highest BCUT2D eigenvalue weighted by Gasteiger charge is 2.16. The average Bonchev–Trinajstić information content (AvgIpc) is 2.60. The zero-order valence-corrected chi connectivity index (χ0v) is 7.99. The SMILES string of the molecule is COc1ncccc1-c1[nH]nc(N)c1F. The minimum absolute atomic E-state index is 0.170. The van der Waals surface area contributed by atoms with Gasteiger partial charge in [-0.15, -0.1) is 0 Å². The van der Waals surface area contributed by atoms with Crippen molar-refractivity contribution in [3.05, 3.63) is 24.1 Å². The number of nitrogens with two attached hydrogens (primary N) is 1. The van der Waals surface area contributed by atoms with Gasteiger partial charge in [0.1, 0.15) is 5.69 Å². The van der Waals surface area contributed by atoms with E-state index in [9.17, 15) is 4.39 Å². The summed E-state index contributed by atoms with van der Waals surface area (Å²) < 4.78 is 18.5. The average molecular weight is 208 g/mol. The van der Waals surface area contributed by atoms with Gasteiger partial charge in [-0.25, -0.2) is 9.37 Å². The van der Waals surface area contributed by atoms with Crippen molar-refractivity contribution in [2.75, 3.05) is 12.8 Å². The van der Waals surface area contributed by atoms with Crippen LogP contribution in [0.4, 0.5) is 10.2 Å². The molecule has 78 valence electrons. The minimum atomic E-state index is -0.596. The van der Waals surface area contributed by atoms with Gasteiger partial charge in [-0.05, 0) is 12.1 Å². The molecule has 2 aromatic heterocycles. The summed E-state index contributed by atoms with van der Waals surface area (Å²) in [6, 6.07) is 3.34. The van der Waals surface area contributed by atoms with Gasteiger partial charge in [0.25, 0.3) is 0 Å². The third-order valence-corrected chi connectivity index (χ3v) is 1.97. The van der Waals surface area contributed by atoms with Crippen molar-refractivity contribution >= 4 is 5.82 Å². The summed E-state index contributed by atoms with van der Waals surface area (Å²) in [5.41, 5.74) is 5.96. The molecule has 3 N–H and O–H groups in total. The smallest absolute Gasteiger partial charge is 0.222 e. The number of anilines is 1. The number of halogens is 1. The van der Waals surface area contributed by atoms with Crippen molar-refractivity contribution < 1.29 is 9.13 Å². The number of nitrogen functional groups attached to an aromatic ring is 1. The highest BCUT2D eigenvalue weighted by atomic mass is 19.1. The van der Waals surface area contributed by atoms with E-state index < -0.39 is 5.82 Å². The summed E-state index contributed by atoms with van der Waals surface area (Å²) in [5.74, 6) is -0.447. The fraction of sp³-hybridized carbons (Fsp3) is 0.111. The standard InChI is InChI=1S/C9H9FN4O/c1-15-9-5(3-2-4-12-9)7-6(10)8(11)14-13-7/h2-4H,1H3,(H3,11,13,14). The van der Waals surface area contributed by atoms with Crippen LogP contribution in [0.25, 0.3) is 11.3 Å². The number of pyridine rings is 1. The van der Waals surface area contributed by atoms with Crippen molar-refractivity contribution in [1.29, 1.82) is 0 Å². The number of aromatic amines is 1. The lowest BCUT2D eigenvalue weighted by Gasteiger charge is -2.03. The maximum atomic E-state index is 13.5. The van der Waals surface area contributed by atoms with Gasteiger partial charge in [-0.1, -0.05) is 0 Å². The second kappa shape index (κ2) is 3.56. The van der Waals surface area contributed by atoms with Crippen molar-refractivity contribution in [3.8, 4) is 17.1 Å². The van der Waals surface area contributed by atoms with Crippen LogP contribution in [-0.4, -0.2) is 22.3 Å². The number of rotatable bonds is 2. The molecule has 0 unspecified atom stereocenters. The summed E-state index contributed by atoms with van der Waals surface area (Å²) in [4.78, 5) is 3.95. The molecule has 5 nitrogen and oxygen atoms in total. The molecule has 0 saturated carbocycles. The summed E-state index contributed by atoms with van der Waals surface area (Å²) in [5, 5.41) is 6.06. The third-order valence-electron chi connectivity index (χ3n) is 1.97. The fourth-order valence-electron chi connectivity index (χ4n) is 1.26. The Labute approximate surface area is 85.1 Å². The molecule has 0 spiro atoms. The van der Waals surface area contributed by atoms with Crippen LogP contribution in [0.5, 0.6) is 5.88 Å². The van der Waals surface area contributed by atoms with Crippen LogP contribution < -0.4 is 10.5 Å². The van der Waals surface area contributed by atoms with Crippen LogP contribution in [0.2, 0.25) is 0 Å². The molecule has 0 atom stereocenters. The lowest BCUT2D eigenvalue weighted by atomic mass is 10.2.